The van der Waals surface area contributed by atoms with Gasteiger partial charge in [0, 0.05) is 16.6 Å². The number of benzene rings is 2. The number of aromatic nitrogens is 2. The van der Waals surface area contributed by atoms with Crippen molar-refractivity contribution in [2.75, 3.05) is 0 Å². The summed E-state index contributed by atoms with van der Waals surface area (Å²) in [6, 6.07) is 12.4. The number of carbonyl (C=O) groups excluding carboxylic acids is 1. The van der Waals surface area contributed by atoms with Crippen LogP contribution in [0.15, 0.2) is 57.9 Å². The second-order valence-electron chi connectivity index (χ2n) is 6.51. The number of hydrogen-bond acceptors (Lipinski definition) is 7. The monoisotopic (exact) mass is 433 g/mol. The summed E-state index contributed by atoms with van der Waals surface area (Å²) in [4.78, 5) is 16.5. The third kappa shape index (κ3) is 4.81. The Morgan fingerprint density at radius 3 is 2.48 bits per heavy atom. The van der Waals surface area contributed by atoms with E-state index in [1.807, 2.05) is 0 Å². The second kappa shape index (κ2) is 7.94. The van der Waals surface area contributed by atoms with E-state index in [1.54, 1.807) is 24.3 Å². The van der Waals surface area contributed by atoms with Crippen LogP contribution in [0.2, 0.25) is 5.02 Å². The molecule has 0 atom stereocenters. The number of halogens is 1. The van der Waals surface area contributed by atoms with Gasteiger partial charge in [-0.05, 0) is 61.4 Å². The van der Waals surface area contributed by atoms with Crippen molar-refractivity contribution in [3.8, 4) is 11.4 Å². The number of nitrogens with one attached hydrogen (secondary N) is 1. The van der Waals surface area contributed by atoms with E-state index < -0.39 is 16.0 Å². The molecular formula is C19H16ClN3O5S. The molecule has 1 aliphatic carbocycles. The van der Waals surface area contributed by atoms with Gasteiger partial charge in [-0.15, -0.1) is 0 Å². The van der Waals surface area contributed by atoms with Crippen molar-refractivity contribution in [2.45, 2.75) is 30.4 Å². The van der Waals surface area contributed by atoms with Gasteiger partial charge in [-0.2, -0.15) is 4.98 Å². The van der Waals surface area contributed by atoms with Gasteiger partial charge in [0.15, 0.2) is 6.61 Å². The fourth-order valence-electron chi connectivity index (χ4n) is 2.50. The zero-order valence-corrected chi connectivity index (χ0v) is 16.6. The Morgan fingerprint density at radius 1 is 1.14 bits per heavy atom. The molecule has 3 aromatic rings. The van der Waals surface area contributed by atoms with Gasteiger partial charge in [-0.3, -0.25) is 0 Å². The molecule has 0 radical (unpaired) electrons. The maximum atomic E-state index is 12.2. The van der Waals surface area contributed by atoms with Gasteiger partial charge in [0.05, 0.1) is 10.5 Å². The lowest BCUT2D eigenvalue weighted by atomic mass is 10.2. The maximum Gasteiger partial charge on any atom is 0.338 e. The van der Waals surface area contributed by atoms with Crippen LogP contribution in [-0.2, 0) is 21.4 Å². The predicted molar refractivity (Wildman–Crippen MR) is 104 cm³/mol. The average molecular weight is 434 g/mol. The van der Waals surface area contributed by atoms with E-state index in [2.05, 4.69) is 14.9 Å². The molecule has 4 rings (SSSR count). The van der Waals surface area contributed by atoms with Gasteiger partial charge < -0.3 is 9.26 Å². The first kappa shape index (κ1) is 19.6. The molecule has 1 fully saturated rings. The van der Waals surface area contributed by atoms with Crippen LogP contribution in [0.1, 0.15) is 29.1 Å². The molecule has 0 saturated heterocycles. The first-order chi connectivity index (χ1) is 13.9. The largest absolute Gasteiger partial charge is 0.452 e. The predicted octanol–water partition coefficient (Wildman–Crippen LogP) is 3.19. The minimum atomic E-state index is -3.56. The number of esters is 1. The van der Waals surface area contributed by atoms with Crippen molar-refractivity contribution < 1.29 is 22.5 Å². The van der Waals surface area contributed by atoms with Gasteiger partial charge in [-0.1, -0.05) is 16.8 Å². The van der Waals surface area contributed by atoms with E-state index in [4.69, 9.17) is 20.9 Å². The number of carbonyl (C=O) groups is 1. The molecule has 0 unspecified atom stereocenters. The zero-order valence-electron chi connectivity index (χ0n) is 15.0. The van der Waals surface area contributed by atoms with E-state index in [0.717, 1.165) is 12.8 Å². The van der Waals surface area contributed by atoms with Gasteiger partial charge in [0.25, 0.3) is 5.89 Å². The Kier molecular flexibility index (Phi) is 5.35. The SMILES string of the molecule is O=C(OCc1nc(-c2ccc(Cl)cc2)no1)c1ccc(S(=O)(=O)NC2CC2)cc1. The summed E-state index contributed by atoms with van der Waals surface area (Å²) in [6.07, 6.45) is 1.69. The van der Waals surface area contributed by atoms with Crippen LogP contribution >= 0.6 is 11.6 Å². The van der Waals surface area contributed by atoms with Crippen LogP contribution in [0.4, 0.5) is 0 Å². The first-order valence-corrected chi connectivity index (χ1v) is 10.6. The van der Waals surface area contributed by atoms with Crippen molar-refractivity contribution in [3.63, 3.8) is 0 Å². The Labute approximate surface area is 171 Å². The molecule has 1 N–H and O–H groups in total. The van der Waals surface area contributed by atoms with Crippen molar-refractivity contribution in [2.24, 2.45) is 0 Å². The lowest BCUT2D eigenvalue weighted by molar-refractivity contribution is 0.0429. The number of sulfonamides is 1. The summed E-state index contributed by atoms with van der Waals surface area (Å²) in [6.45, 7) is -0.206. The molecule has 150 valence electrons. The minimum absolute atomic E-state index is 0.0109. The molecule has 0 amide bonds. The molecule has 1 heterocycles. The van der Waals surface area contributed by atoms with Crippen molar-refractivity contribution in [3.05, 3.63) is 65.0 Å². The number of rotatable bonds is 7. The molecule has 1 saturated carbocycles. The Balaban J connectivity index is 1.36. The smallest absolute Gasteiger partial charge is 0.338 e. The summed E-state index contributed by atoms with van der Waals surface area (Å²) < 4.78 is 37.1. The lowest BCUT2D eigenvalue weighted by Crippen LogP contribution is -2.25. The Bertz CT molecular complexity index is 1120. The van der Waals surface area contributed by atoms with Crippen LogP contribution in [0.5, 0.6) is 0 Å². The van der Waals surface area contributed by atoms with Gasteiger partial charge in [-0.25, -0.2) is 17.9 Å². The summed E-state index contributed by atoms with van der Waals surface area (Å²) in [5.41, 5.74) is 0.931. The van der Waals surface area contributed by atoms with Crippen molar-refractivity contribution in [1.82, 2.24) is 14.9 Å². The highest BCUT2D eigenvalue weighted by molar-refractivity contribution is 7.89. The molecule has 2 aromatic carbocycles. The quantitative estimate of drug-likeness (QED) is 0.569. The zero-order chi connectivity index (χ0) is 20.4. The van der Waals surface area contributed by atoms with E-state index in [1.165, 1.54) is 24.3 Å². The number of nitrogens with zero attached hydrogens (tertiary/aromatic N) is 2. The topological polar surface area (TPSA) is 111 Å². The average Bonchev–Trinajstić information content (AvgIpc) is 3.39. The first-order valence-electron chi connectivity index (χ1n) is 8.79. The molecule has 29 heavy (non-hydrogen) atoms. The highest BCUT2D eigenvalue weighted by Crippen LogP contribution is 2.22. The van der Waals surface area contributed by atoms with E-state index in [-0.39, 0.29) is 29.0 Å². The fourth-order valence-corrected chi connectivity index (χ4v) is 3.93. The van der Waals surface area contributed by atoms with Crippen molar-refractivity contribution in [1.29, 1.82) is 0 Å². The molecule has 1 aromatic heterocycles. The van der Waals surface area contributed by atoms with Crippen molar-refractivity contribution >= 4 is 27.6 Å². The molecule has 0 aliphatic heterocycles. The van der Waals surface area contributed by atoms with Crippen LogP contribution in [0.3, 0.4) is 0 Å². The van der Waals surface area contributed by atoms with E-state index in [9.17, 15) is 13.2 Å². The third-order valence-electron chi connectivity index (χ3n) is 4.20. The fraction of sp³-hybridized carbons (Fsp3) is 0.211. The summed E-state index contributed by atoms with van der Waals surface area (Å²) in [7, 11) is -3.56. The molecule has 8 nitrogen and oxygen atoms in total. The lowest BCUT2D eigenvalue weighted by Gasteiger charge is -2.06. The Morgan fingerprint density at radius 2 is 1.83 bits per heavy atom. The number of hydrogen-bond donors (Lipinski definition) is 1. The molecular weight excluding hydrogens is 418 g/mol. The third-order valence-corrected chi connectivity index (χ3v) is 5.99. The molecule has 0 spiro atoms. The molecule has 10 heteroatoms. The molecule has 1 aliphatic rings. The highest BCUT2D eigenvalue weighted by atomic mass is 35.5. The highest BCUT2D eigenvalue weighted by Gasteiger charge is 2.28. The van der Waals surface area contributed by atoms with E-state index >= 15 is 0 Å². The Hall–Kier alpha value is -2.75. The summed E-state index contributed by atoms with van der Waals surface area (Å²) >= 11 is 5.85. The standard InChI is InChI=1S/C19H16ClN3O5S/c20-14-5-1-12(2-6-14)18-21-17(28-22-18)11-27-19(24)13-3-9-16(10-4-13)29(25,26)23-15-7-8-15/h1-6,9-10,15,23H,7-8,11H2. The van der Waals surface area contributed by atoms with Crippen LogP contribution in [0, 0.1) is 0 Å². The number of ether oxygens (including phenoxy) is 1. The molecule has 0 bridgehead atoms. The summed E-state index contributed by atoms with van der Waals surface area (Å²) in [5.74, 6) is -0.142. The van der Waals surface area contributed by atoms with Crippen LogP contribution in [-0.4, -0.2) is 30.6 Å². The normalized spacial score (nSPS) is 14.0. The van der Waals surface area contributed by atoms with E-state index in [0.29, 0.717) is 16.4 Å². The second-order valence-corrected chi connectivity index (χ2v) is 8.67. The maximum absolute atomic E-state index is 12.2. The minimum Gasteiger partial charge on any atom is -0.452 e. The van der Waals surface area contributed by atoms with Crippen LogP contribution in [0.25, 0.3) is 11.4 Å². The summed E-state index contributed by atoms with van der Waals surface area (Å²) in [5, 5.41) is 4.43. The van der Waals surface area contributed by atoms with Gasteiger partial charge in [0.1, 0.15) is 0 Å². The van der Waals surface area contributed by atoms with Gasteiger partial charge >= 0.3 is 5.97 Å². The van der Waals surface area contributed by atoms with Gasteiger partial charge in [0.2, 0.25) is 15.8 Å². The van der Waals surface area contributed by atoms with Crippen LogP contribution < -0.4 is 4.72 Å².